The van der Waals surface area contributed by atoms with Gasteiger partial charge < -0.3 is 5.32 Å². The Morgan fingerprint density at radius 3 is 1.16 bits per heavy atom. The number of amides is 1. The highest BCUT2D eigenvalue weighted by Crippen LogP contribution is 2.64. The van der Waals surface area contributed by atoms with Crippen LogP contribution in [-0.4, -0.2) is 53.5 Å². The summed E-state index contributed by atoms with van der Waals surface area (Å²) in [6, 6.07) is 1.55. The molecule has 1 N–H and O–H groups in total. The lowest BCUT2D eigenvalue weighted by molar-refractivity contribution is -0.459. The number of aryl methyl sites for hydroxylation is 2. The second-order valence-electron chi connectivity index (χ2n) is 7.71. The van der Waals surface area contributed by atoms with Crippen LogP contribution in [0.1, 0.15) is 16.7 Å². The van der Waals surface area contributed by atoms with Gasteiger partial charge in [0.25, 0.3) is 0 Å². The highest BCUT2D eigenvalue weighted by atomic mass is 19.4. The van der Waals surface area contributed by atoms with Crippen molar-refractivity contribution in [1.82, 2.24) is 0 Å². The molecule has 0 bridgehead atoms. The van der Waals surface area contributed by atoms with Crippen molar-refractivity contribution >= 4 is 11.6 Å². The van der Waals surface area contributed by atoms with Crippen molar-refractivity contribution < 1.29 is 79.4 Å². The molecule has 0 atom stereocenters. The minimum absolute atomic E-state index is 0.162. The Morgan fingerprint density at radius 2 is 0.838 bits per heavy atom. The fourth-order valence-corrected chi connectivity index (χ4v) is 2.62. The van der Waals surface area contributed by atoms with Gasteiger partial charge in [-0.15, -0.1) is 0 Å². The molecule has 19 heteroatoms. The molecule has 0 saturated carbocycles. The van der Waals surface area contributed by atoms with Crippen LogP contribution < -0.4 is 5.32 Å². The van der Waals surface area contributed by atoms with E-state index in [1.807, 2.05) is 0 Å². The highest BCUT2D eigenvalue weighted by Gasteiger charge is 2.95. The van der Waals surface area contributed by atoms with E-state index in [9.17, 15) is 79.4 Å². The van der Waals surface area contributed by atoms with Crippen molar-refractivity contribution in [2.75, 3.05) is 5.32 Å². The van der Waals surface area contributed by atoms with Crippen LogP contribution >= 0.6 is 0 Å². The molecule has 37 heavy (non-hydrogen) atoms. The number of benzene rings is 1. The van der Waals surface area contributed by atoms with Crippen molar-refractivity contribution in [2.45, 2.75) is 68.4 Å². The molecule has 0 aliphatic heterocycles. The van der Waals surface area contributed by atoms with Gasteiger partial charge in [-0.25, -0.2) is 0 Å². The molecule has 1 aromatic carbocycles. The molecule has 0 spiro atoms. The first-order valence-corrected chi connectivity index (χ1v) is 9.07. The van der Waals surface area contributed by atoms with Gasteiger partial charge in [0.1, 0.15) is 0 Å². The number of alkyl halides is 17. The summed E-state index contributed by atoms with van der Waals surface area (Å²) >= 11 is 0. The van der Waals surface area contributed by atoms with Gasteiger partial charge in [-0.05, 0) is 49.6 Å². The maximum Gasteiger partial charge on any atom is 0.460 e. The summed E-state index contributed by atoms with van der Waals surface area (Å²) in [5, 5.41) is 0.882. The van der Waals surface area contributed by atoms with Crippen molar-refractivity contribution in [1.29, 1.82) is 0 Å². The normalized spacial score (nSPS) is 15.1. The molecule has 214 valence electrons. The summed E-state index contributed by atoms with van der Waals surface area (Å²) in [7, 11) is 0. The Hall–Kier alpha value is -2.50. The summed E-state index contributed by atoms with van der Waals surface area (Å²) in [4.78, 5) is 11.6. The van der Waals surface area contributed by atoms with Crippen molar-refractivity contribution in [3.05, 3.63) is 28.8 Å². The molecule has 0 saturated heterocycles. The quantitative estimate of drug-likeness (QED) is 0.316. The second kappa shape index (κ2) is 8.78. The molecule has 1 rings (SSSR count). The minimum Gasteiger partial charge on any atom is -0.321 e. The average Bonchev–Trinajstić information content (AvgIpc) is 2.69. The largest absolute Gasteiger partial charge is 0.460 e. The molecule has 0 unspecified atom stereocenters. The van der Waals surface area contributed by atoms with Gasteiger partial charge >= 0.3 is 53.5 Å². The van der Waals surface area contributed by atoms with Gasteiger partial charge in [0, 0.05) is 5.69 Å². The molecule has 0 fully saturated rings. The van der Waals surface area contributed by atoms with E-state index in [0.717, 1.165) is 17.4 Å². The summed E-state index contributed by atoms with van der Waals surface area (Å²) in [5.74, 6) is -61.7. The Balaban J connectivity index is 3.60. The highest BCUT2D eigenvalue weighted by molar-refractivity contribution is 5.97. The third kappa shape index (κ3) is 4.44. The average molecular weight is 581 g/mol. The third-order valence-electron chi connectivity index (χ3n) is 5.19. The van der Waals surface area contributed by atoms with Gasteiger partial charge in [-0.1, -0.05) is 0 Å². The molecule has 1 aromatic rings. The zero-order valence-corrected chi connectivity index (χ0v) is 18.0. The topological polar surface area (TPSA) is 29.1 Å². The van der Waals surface area contributed by atoms with Crippen LogP contribution in [0, 0.1) is 20.8 Å². The first kappa shape index (κ1) is 32.5. The maximum absolute atomic E-state index is 14.0. The van der Waals surface area contributed by atoms with Crippen LogP contribution in [-0.2, 0) is 4.79 Å². The molecule has 0 heterocycles. The third-order valence-corrected chi connectivity index (χ3v) is 5.19. The van der Waals surface area contributed by atoms with Crippen LogP contribution in [0.25, 0.3) is 0 Å². The molecule has 0 radical (unpaired) electrons. The Bertz CT molecular complexity index is 1020. The molecule has 0 aliphatic rings. The predicted octanol–water partition coefficient (Wildman–Crippen LogP) is 7.56. The van der Waals surface area contributed by atoms with E-state index in [0.29, 0.717) is 5.56 Å². The fraction of sp³-hybridized carbons (Fsp3) is 0.611. The summed E-state index contributed by atoms with van der Waals surface area (Å²) in [6.45, 7) is 3.96. The van der Waals surface area contributed by atoms with Crippen LogP contribution in [0.2, 0.25) is 0 Å². The van der Waals surface area contributed by atoms with Crippen molar-refractivity contribution in [3.8, 4) is 0 Å². The first-order valence-electron chi connectivity index (χ1n) is 9.07. The SMILES string of the molecule is Cc1cc(NC(=O)C(F)(F)C(F)(F)C(F)(F)C(F)(F)C(F)(F)C(F)(F)C(F)(F)C(F)(F)F)cc(C)c1C. The Labute approximate surface area is 194 Å². The summed E-state index contributed by atoms with van der Waals surface area (Å²) in [5.41, 5.74) is -0.0951. The second-order valence-corrected chi connectivity index (χ2v) is 7.71. The minimum atomic E-state index is -8.75. The fourth-order valence-electron chi connectivity index (χ4n) is 2.62. The summed E-state index contributed by atoms with van der Waals surface area (Å²) < 4.78 is 225. The zero-order chi connectivity index (χ0) is 30.0. The maximum atomic E-state index is 14.0. The Morgan fingerprint density at radius 1 is 0.541 bits per heavy atom. The van der Waals surface area contributed by atoms with E-state index in [2.05, 4.69) is 0 Å². The van der Waals surface area contributed by atoms with Crippen molar-refractivity contribution in [3.63, 3.8) is 0 Å². The number of rotatable bonds is 8. The van der Waals surface area contributed by atoms with E-state index in [-0.39, 0.29) is 11.1 Å². The Kier molecular flexibility index (Phi) is 7.71. The van der Waals surface area contributed by atoms with Gasteiger partial charge in [0.2, 0.25) is 0 Å². The predicted molar refractivity (Wildman–Crippen MR) is 90.0 cm³/mol. The van der Waals surface area contributed by atoms with Crippen LogP contribution in [0.15, 0.2) is 12.1 Å². The molecule has 0 aromatic heterocycles. The lowest BCUT2D eigenvalue weighted by Crippen LogP contribution is -2.75. The van der Waals surface area contributed by atoms with Gasteiger partial charge in [0.15, 0.2) is 0 Å². The number of hydrogen-bond donors (Lipinski definition) is 1. The van der Waals surface area contributed by atoms with Crippen LogP contribution in [0.5, 0.6) is 0 Å². The number of anilines is 1. The van der Waals surface area contributed by atoms with Crippen LogP contribution in [0.3, 0.4) is 0 Å². The van der Waals surface area contributed by atoms with Gasteiger partial charge in [-0.2, -0.15) is 74.6 Å². The first-order chi connectivity index (χ1) is 16.0. The number of hydrogen-bond acceptors (Lipinski definition) is 1. The lowest BCUT2D eigenvalue weighted by atomic mass is 9.88. The molecular formula is C18H12F17NO. The molecular weight excluding hydrogens is 569 g/mol. The number of nitrogens with one attached hydrogen (secondary N) is 1. The number of carbonyl (C=O) groups is 1. The summed E-state index contributed by atoms with van der Waals surface area (Å²) in [6.07, 6.45) is -7.83. The smallest absolute Gasteiger partial charge is 0.321 e. The van der Waals surface area contributed by atoms with E-state index < -0.39 is 59.2 Å². The standard InChI is InChI=1S/C18H12F17NO/c1-6-4-9(5-7(2)8(6)3)36-10(37)11(19,20)12(21,22)13(23,24)14(25,26)15(27,28)16(29,30)17(31,32)18(33,34)35/h4-5H,1-3H3,(H,36,37). The van der Waals surface area contributed by atoms with Crippen LogP contribution in [0.4, 0.5) is 80.3 Å². The molecule has 0 aliphatic carbocycles. The molecule has 2 nitrogen and oxygen atoms in total. The molecule has 1 amide bonds. The van der Waals surface area contributed by atoms with Crippen molar-refractivity contribution in [2.24, 2.45) is 0 Å². The number of carbonyl (C=O) groups excluding carboxylic acids is 1. The zero-order valence-electron chi connectivity index (χ0n) is 18.0. The monoisotopic (exact) mass is 581 g/mol. The van der Waals surface area contributed by atoms with E-state index >= 15 is 0 Å². The number of halogens is 17. The van der Waals surface area contributed by atoms with Gasteiger partial charge in [-0.3, -0.25) is 4.79 Å². The van der Waals surface area contributed by atoms with E-state index in [1.165, 1.54) is 20.8 Å². The lowest BCUT2D eigenvalue weighted by Gasteiger charge is -2.42. The van der Waals surface area contributed by atoms with E-state index in [1.54, 1.807) is 0 Å². The van der Waals surface area contributed by atoms with E-state index in [4.69, 9.17) is 0 Å². The van der Waals surface area contributed by atoms with Gasteiger partial charge in [0.05, 0.1) is 0 Å².